The molecule has 4 nitrogen and oxygen atoms in total. The van der Waals surface area contributed by atoms with Crippen LogP contribution in [0.2, 0.25) is 0 Å². The van der Waals surface area contributed by atoms with Crippen LogP contribution in [0.3, 0.4) is 0 Å². The minimum absolute atomic E-state index is 0.0590. The number of hydrogen-bond acceptors (Lipinski definition) is 4. The maximum Gasteiger partial charge on any atom is 0.416 e. The number of ether oxygens (including phenoxy) is 4. The molecule has 0 unspecified atom stereocenters. The number of halogens is 3. The first kappa shape index (κ1) is 20.3. The Hall–Kier alpha value is -1.41. The number of unbranched alkanes of at least 4 members (excludes halogenated alkanes) is 1. The average Bonchev–Trinajstić information content (AvgIpc) is 2.68. The Bertz CT molecular complexity index is 599. The number of benzene rings is 1. The summed E-state index contributed by atoms with van der Waals surface area (Å²) < 4.78 is 60.9. The van der Waals surface area contributed by atoms with Gasteiger partial charge in [-0.15, -0.1) is 0 Å². The van der Waals surface area contributed by atoms with Gasteiger partial charge in [-0.2, -0.15) is 13.2 Å². The smallest absolute Gasteiger partial charge is 0.351 e. The predicted octanol–water partition coefficient (Wildman–Crippen LogP) is 4.71. The molecule has 2 fully saturated rings. The monoisotopic (exact) mass is 386 g/mol. The summed E-state index contributed by atoms with van der Waals surface area (Å²) in [5.41, 5.74) is -0.125. The summed E-state index contributed by atoms with van der Waals surface area (Å²) in [5, 5.41) is 0. The minimum atomic E-state index is -4.35. The number of allylic oxidation sites excluding steroid dienone is 1. The van der Waals surface area contributed by atoms with Gasteiger partial charge in [0, 0.05) is 11.5 Å². The molecule has 2 aliphatic heterocycles. The highest BCUT2D eigenvalue weighted by atomic mass is 19.4. The topological polar surface area (TPSA) is 36.9 Å². The van der Waals surface area contributed by atoms with E-state index in [4.69, 9.17) is 18.9 Å². The third-order valence-corrected chi connectivity index (χ3v) is 4.63. The molecule has 0 saturated carbocycles. The molecule has 27 heavy (non-hydrogen) atoms. The van der Waals surface area contributed by atoms with E-state index in [0.29, 0.717) is 32.0 Å². The van der Waals surface area contributed by atoms with Crippen LogP contribution in [0.1, 0.15) is 37.2 Å². The molecular formula is C20H25F3O4. The lowest BCUT2D eigenvalue weighted by molar-refractivity contribution is -0.280. The normalized spacial score (nSPS) is 29.9. The Kier molecular flexibility index (Phi) is 6.92. The van der Waals surface area contributed by atoms with Crippen LogP contribution >= 0.6 is 0 Å². The lowest BCUT2D eigenvalue weighted by Crippen LogP contribution is -2.42. The molecule has 0 aliphatic carbocycles. The lowest BCUT2D eigenvalue weighted by Gasteiger charge is -2.37. The molecule has 2 saturated heterocycles. The van der Waals surface area contributed by atoms with Crippen LogP contribution in [0.4, 0.5) is 13.2 Å². The van der Waals surface area contributed by atoms with Gasteiger partial charge in [0.1, 0.15) is 0 Å². The Morgan fingerprint density at radius 2 is 1.59 bits per heavy atom. The summed E-state index contributed by atoms with van der Waals surface area (Å²) in [5.74, 6) is 0.203. The van der Waals surface area contributed by atoms with E-state index < -0.39 is 18.0 Å². The van der Waals surface area contributed by atoms with Crippen LogP contribution in [0.5, 0.6) is 0 Å². The van der Waals surface area contributed by atoms with Gasteiger partial charge in [0.25, 0.3) is 0 Å². The molecule has 0 amide bonds. The van der Waals surface area contributed by atoms with Crippen molar-refractivity contribution in [1.29, 1.82) is 0 Å². The Morgan fingerprint density at radius 3 is 2.15 bits per heavy atom. The Morgan fingerprint density at radius 1 is 0.963 bits per heavy atom. The van der Waals surface area contributed by atoms with Gasteiger partial charge in [0.2, 0.25) is 0 Å². The fourth-order valence-corrected chi connectivity index (χ4v) is 3.07. The highest BCUT2D eigenvalue weighted by molar-refractivity contribution is 5.25. The van der Waals surface area contributed by atoms with Crippen molar-refractivity contribution in [3.63, 3.8) is 0 Å². The molecule has 1 aromatic carbocycles. The summed E-state index contributed by atoms with van der Waals surface area (Å²) in [6.07, 6.45) is 1.05. The van der Waals surface area contributed by atoms with Crippen molar-refractivity contribution in [3.8, 4) is 0 Å². The Labute approximate surface area is 157 Å². The van der Waals surface area contributed by atoms with E-state index in [1.807, 2.05) is 0 Å². The second kappa shape index (κ2) is 9.19. The second-order valence-electron chi connectivity index (χ2n) is 6.89. The standard InChI is InChI=1S/C20H25F3O4/c1-2-3-4-5-14-10-24-19(25-11-14)16-12-26-18(27-13-16)15-6-8-17(9-7-15)20(21,22)23/h4-9,14,16,18-19H,2-3,10-13H2,1H3. The number of hydrogen-bond donors (Lipinski definition) is 0. The van der Waals surface area contributed by atoms with Crippen LogP contribution in [0.15, 0.2) is 36.4 Å². The highest BCUT2D eigenvalue weighted by Crippen LogP contribution is 2.33. The van der Waals surface area contributed by atoms with E-state index in [1.165, 1.54) is 12.1 Å². The maximum absolute atomic E-state index is 12.6. The van der Waals surface area contributed by atoms with E-state index in [9.17, 15) is 13.2 Å². The van der Waals surface area contributed by atoms with Crippen molar-refractivity contribution >= 4 is 0 Å². The summed E-state index contributed by atoms with van der Waals surface area (Å²) in [6, 6.07) is 4.84. The zero-order valence-electron chi connectivity index (χ0n) is 15.3. The number of alkyl halides is 3. The van der Waals surface area contributed by atoms with Crippen LogP contribution in [0, 0.1) is 11.8 Å². The highest BCUT2D eigenvalue weighted by Gasteiger charge is 2.34. The molecule has 2 heterocycles. The van der Waals surface area contributed by atoms with Crippen LogP contribution in [-0.2, 0) is 25.1 Å². The molecule has 0 spiro atoms. The van der Waals surface area contributed by atoms with E-state index in [0.717, 1.165) is 25.0 Å². The quantitative estimate of drug-likeness (QED) is 0.687. The van der Waals surface area contributed by atoms with Crippen molar-refractivity contribution in [2.24, 2.45) is 11.8 Å². The van der Waals surface area contributed by atoms with E-state index in [1.54, 1.807) is 0 Å². The van der Waals surface area contributed by atoms with Gasteiger partial charge in [-0.1, -0.05) is 37.6 Å². The molecule has 2 aliphatic rings. The fourth-order valence-electron chi connectivity index (χ4n) is 3.07. The molecule has 150 valence electrons. The van der Waals surface area contributed by atoms with Gasteiger partial charge in [0.15, 0.2) is 12.6 Å². The first-order valence-corrected chi connectivity index (χ1v) is 9.27. The molecule has 1 aromatic rings. The van der Waals surface area contributed by atoms with Crippen molar-refractivity contribution in [2.75, 3.05) is 26.4 Å². The first-order chi connectivity index (χ1) is 13.0. The summed E-state index contributed by atoms with van der Waals surface area (Å²) in [7, 11) is 0. The average molecular weight is 386 g/mol. The van der Waals surface area contributed by atoms with Gasteiger partial charge in [0.05, 0.1) is 37.9 Å². The minimum Gasteiger partial charge on any atom is -0.351 e. The van der Waals surface area contributed by atoms with Gasteiger partial charge in [-0.25, -0.2) is 0 Å². The van der Waals surface area contributed by atoms with E-state index in [2.05, 4.69) is 19.1 Å². The fraction of sp³-hybridized carbons (Fsp3) is 0.600. The summed E-state index contributed by atoms with van der Waals surface area (Å²) in [4.78, 5) is 0. The van der Waals surface area contributed by atoms with Crippen LogP contribution in [-0.4, -0.2) is 32.7 Å². The van der Waals surface area contributed by atoms with E-state index >= 15 is 0 Å². The lowest BCUT2D eigenvalue weighted by atomic mass is 10.1. The molecule has 0 radical (unpaired) electrons. The molecule has 0 aromatic heterocycles. The molecule has 0 atom stereocenters. The molecule has 3 rings (SSSR count). The van der Waals surface area contributed by atoms with Crippen LogP contribution in [0.25, 0.3) is 0 Å². The van der Waals surface area contributed by atoms with Gasteiger partial charge in [-0.3, -0.25) is 0 Å². The zero-order chi connectivity index (χ0) is 19.3. The molecule has 0 bridgehead atoms. The largest absolute Gasteiger partial charge is 0.416 e. The van der Waals surface area contributed by atoms with Gasteiger partial charge < -0.3 is 18.9 Å². The van der Waals surface area contributed by atoms with Gasteiger partial charge >= 0.3 is 6.18 Å². The third-order valence-electron chi connectivity index (χ3n) is 4.63. The Balaban J connectivity index is 1.45. The van der Waals surface area contributed by atoms with Gasteiger partial charge in [-0.05, 0) is 18.6 Å². The molecular weight excluding hydrogens is 361 g/mol. The predicted molar refractivity (Wildman–Crippen MR) is 92.8 cm³/mol. The maximum atomic E-state index is 12.6. The summed E-state index contributed by atoms with van der Waals surface area (Å²) in [6.45, 7) is 4.07. The first-order valence-electron chi connectivity index (χ1n) is 9.27. The summed E-state index contributed by atoms with van der Waals surface area (Å²) >= 11 is 0. The van der Waals surface area contributed by atoms with Crippen molar-refractivity contribution in [3.05, 3.63) is 47.5 Å². The molecule has 7 heteroatoms. The molecule has 0 N–H and O–H groups in total. The van der Waals surface area contributed by atoms with Crippen LogP contribution < -0.4 is 0 Å². The zero-order valence-corrected chi connectivity index (χ0v) is 15.3. The SMILES string of the molecule is CCCC=CC1COC(C2COC(c3ccc(C(F)(F)F)cc3)OC2)OC1. The number of rotatable bonds is 5. The van der Waals surface area contributed by atoms with E-state index in [-0.39, 0.29) is 18.1 Å². The third kappa shape index (κ3) is 5.54. The van der Waals surface area contributed by atoms with Crippen molar-refractivity contribution < 1.29 is 32.1 Å². The van der Waals surface area contributed by atoms with Crippen molar-refractivity contribution in [2.45, 2.75) is 38.5 Å². The second-order valence-corrected chi connectivity index (χ2v) is 6.89. The van der Waals surface area contributed by atoms with Crippen molar-refractivity contribution in [1.82, 2.24) is 0 Å².